The molecule has 0 bridgehead atoms. The van der Waals surface area contributed by atoms with Crippen LogP contribution in [0.5, 0.6) is 5.75 Å². The van der Waals surface area contributed by atoms with Gasteiger partial charge in [-0.1, -0.05) is 13.0 Å². The third-order valence-electron chi connectivity index (χ3n) is 3.15. The highest BCUT2D eigenvalue weighted by atomic mass is 16.7. The number of allylic oxidation sites excluding steroid dienone is 1. The average Bonchev–Trinajstić information content (AvgIpc) is 2.31. The Labute approximate surface area is 109 Å². The standard InChI is InChI=1S/C15H21NO2/c1-6-7-8-13-10(2)12-9-17-15(4,5)18-14(12)11(3)16-13/h7-8H,6,9H2,1-5H3/b8-7+. The van der Waals surface area contributed by atoms with Crippen LogP contribution < -0.4 is 4.74 Å². The molecule has 0 saturated heterocycles. The van der Waals surface area contributed by atoms with E-state index in [4.69, 9.17) is 9.47 Å². The quantitative estimate of drug-likeness (QED) is 0.797. The Hall–Kier alpha value is -1.35. The molecule has 0 radical (unpaired) electrons. The van der Waals surface area contributed by atoms with Crippen molar-refractivity contribution < 1.29 is 9.47 Å². The van der Waals surface area contributed by atoms with Crippen LogP contribution in [0.25, 0.3) is 6.08 Å². The van der Waals surface area contributed by atoms with Crippen LogP contribution in [0.2, 0.25) is 0 Å². The lowest BCUT2D eigenvalue weighted by molar-refractivity contribution is -0.180. The molecule has 0 aromatic carbocycles. The number of hydrogen-bond acceptors (Lipinski definition) is 3. The molecular weight excluding hydrogens is 226 g/mol. The predicted octanol–water partition coefficient (Wildman–Crippen LogP) is 3.77. The fourth-order valence-corrected chi connectivity index (χ4v) is 2.08. The van der Waals surface area contributed by atoms with Crippen molar-refractivity contribution in [2.45, 2.75) is 53.4 Å². The van der Waals surface area contributed by atoms with Gasteiger partial charge in [0.2, 0.25) is 5.79 Å². The second kappa shape index (κ2) is 4.73. The third kappa shape index (κ3) is 2.41. The van der Waals surface area contributed by atoms with Gasteiger partial charge < -0.3 is 9.47 Å². The number of fused-ring (bicyclic) bond motifs is 1. The van der Waals surface area contributed by atoms with Crippen LogP contribution in [0.1, 0.15) is 49.7 Å². The summed E-state index contributed by atoms with van der Waals surface area (Å²) in [5.74, 6) is 0.324. The number of ether oxygens (including phenoxy) is 2. The first-order chi connectivity index (χ1) is 8.44. The molecule has 1 aromatic heterocycles. The zero-order chi connectivity index (χ0) is 13.3. The summed E-state index contributed by atoms with van der Waals surface area (Å²) < 4.78 is 11.6. The Balaban J connectivity index is 2.49. The summed E-state index contributed by atoms with van der Waals surface area (Å²) in [5, 5.41) is 0. The van der Waals surface area contributed by atoms with E-state index in [2.05, 4.69) is 31.0 Å². The van der Waals surface area contributed by atoms with Gasteiger partial charge in [0.25, 0.3) is 0 Å². The first kappa shape index (κ1) is 13.1. The van der Waals surface area contributed by atoms with Crippen molar-refractivity contribution in [1.82, 2.24) is 4.98 Å². The highest BCUT2D eigenvalue weighted by molar-refractivity contribution is 5.56. The lowest BCUT2D eigenvalue weighted by Gasteiger charge is -2.34. The van der Waals surface area contributed by atoms with Crippen LogP contribution in [0, 0.1) is 13.8 Å². The monoisotopic (exact) mass is 247 g/mol. The smallest absolute Gasteiger partial charge is 0.205 e. The predicted molar refractivity (Wildman–Crippen MR) is 72.5 cm³/mol. The summed E-state index contributed by atoms with van der Waals surface area (Å²) in [6.07, 6.45) is 5.20. The molecule has 3 nitrogen and oxygen atoms in total. The minimum Gasteiger partial charge on any atom is -0.461 e. The third-order valence-corrected chi connectivity index (χ3v) is 3.15. The van der Waals surface area contributed by atoms with Crippen LogP contribution in [0.3, 0.4) is 0 Å². The summed E-state index contributed by atoms with van der Waals surface area (Å²) in [5.41, 5.74) is 4.22. The van der Waals surface area contributed by atoms with E-state index >= 15 is 0 Å². The molecule has 3 heteroatoms. The molecule has 1 aliphatic rings. The number of aromatic nitrogens is 1. The van der Waals surface area contributed by atoms with Crippen molar-refractivity contribution in [1.29, 1.82) is 0 Å². The Morgan fingerprint density at radius 2 is 2.06 bits per heavy atom. The van der Waals surface area contributed by atoms with E-state index in [0.29, 0.717) is 6.61 Å². The van der Waals surface area contributed by atoms with Crippen molar-refractivity contribution in [3.05, 3.63) is 28.6 Å². The van der Waals surface area contributed by atoms with Gasteiger partial charge in [0.1, 0.15) is 5.75 Å². The van der Waals surface area contributed by atoms with E-state index in [1.165, 1.54) is 0 Å². The number of nitrogens with zero attached hydrogens (tertiary/aromatic N) is 1. The minimum atomic E-state index is -0.563. The van der Waals surface area contributed by atoms with Gasteiger partial charge in [0.05, 0.1) is 18.0 Å². The molecule has 0 atom stereocenters. The molecule has 98 valence electrons. The average molecular weight is 247 g/mol. The lowest BCUT2D eigenvalue weighted by Crippen LogP contribution is -2.36. The first-order valence-corrected chi connectivity index (χ1v) is 6.44. The molecular formula is C15H21NO2. The largest absolute Gasteiger partial charge is 0.461 e. The Bertz CT molecular complexity index is 490. The number of aryl methyl sites for hydroxylation is 1. The first-order valence-electron chi connectivity index (χ1n) is 6.44. The topological polar surface area (TPSA) is 31.4 Å². The molecule has 0 N–H and O–H groups in total. The van der Waals surface area contributed by atoms with Crippen molar-refractivity contribution in [2.75, 3.05) is 0 Å². The Morgan fingerprint density at radius 3 is 2.72 bits per heavy atom. The van der Waals surface area contributed by atoms with E-state index in [1.54, 1.807) is 0 Å². The molecule has 0 aliphatic carbocycles. The molecule has 2 heterocycles. The van der Waals surface area contributed by atoms with Crippen LogP contribution in [-0.4, -0.2) is 10.8 Å². The Kier molecular flexibility index (Phi) is 3.44. The van der Waals surface area contributed by atoms with E-state index in [0.717, 1.165) is 34.7 Å². The fraction of sp³-hybridized carbons (Fsp3) is 0.533. The molecule has 0 unspecified atom stereocenters. The van der Waals surface area contributed by atoms with Crippen molar-refractivity contribution in [2.24, 2.45) is 0 Å². The molecule has 2 rings (SSSR count). The van der Waals surface area contributed by atoms with Gasteiger partial charge in [-0.05, 0) is 31.9 Å². The van der Waals surface area contributed by atoms with Crippen molar-refractivity contribution in [3.8, 4) is 5.75 Å². The zero-order valence-corrected chi connectivity index (χ0v) is 11.8. The van der Waals surface area contributed by atoms with Crippen molar-refractivity contribution in [3.63, 3.8) is 0 Å². The van der Waals surface area contributed by atoms with Crippen LogP contribution >= 0.6 is 0 Å². The molecule has 18 heavy (non-hydrogen) atoms. The number of hydrogen-bond donors (Lipinski definition) is 0. The molecule has 0 amide bonds. The molecule has 0 fully saturated rings. The van der Waals surface area contributed by atoms with Crippen molar-refractivity contribution >= 4 is 6.08 Å². The SMILES string of the molecule is CC/C=C/c1nc(C)c2c(c1C)COC(C)(C)O2. The van der Waals surface area contributed by atoms with Gasteiger partial charge in [-0.15, -0.1) is 0 Å². The number of pyridine rings is 1. The maximum Gasteiger partial charge on any atom is 0.205 e. The maximum absolute atomic E-state index is 5.88. The summed E-state index contributed by atoms with van der Waals surface area (Å²) >= 11 is 0. The second-order valence-electron chi connectivity index (χ2n) is 5.12. The van der Waals surface area contributed by atoms with Gasteiger partial charge in [-0.2, -0.15) is 0 Å². The molecule has 0 saturated carbocycles. The van der Waals surface area contributed by atoms with Crippen LogP contribution in [0.4, 0.5) is 0 Å². The Morgan fingerprint density at radius 1 is 1.33 bits per heavy atom. The van der Waals surface area contributed by atoms with Crippen LogP contribution in [-0.2, 0) is 11.3 Å². The van der Waals surface area contributed by atoms with Gasteiger partial charge in [0.15, 0.2) is 0 Å². The summed E-state index contributed by atoms with van der Waals surface area (Å²) in [4.78, 5) is 4.62. The summed E-state index contributed by atoms with van der Waals surface area (Å²) in [7, 11) is 0. The minimum absolute atomic E-state index is 0.563. The lowest BCUT2D eigenvalue weighted by atomic mass is 10.0. The molecule has 1 aromatic rings. The van der Waals surface area contributed by atoms with E-state index in [1.807, 2.05) is 20.8 Å². The van der Waals surface area contributed by atoms with E-state index in [-0.39, 0.29) is 0 Å². The number of rotatable bonds is 2. The van der Waals surface area contributed by atoms with Gasteiger partial charge >= 0.3 is 0 Å². The maximum atomic E-state index is 5.88. The van der Waals surface area contributed by atoms with Crippen LogP contribution in [0.15, 0.2) is 6.08 Å². The molecule has 0 spiro atoms. The second-order valence-corrected chi connectivity index (χ2v) is 5.12. The van der Waals surface area contributed by atoms with Gasteiger partial charge in [0, 0.05) is 19.4 Å². The van der Waals surface area contributed by atoms with E-state index < -0.39 is 5.79 Å². The normalized spacial score (nSPS) is 17.6. The molecule has 1 aliphatic heterocycles. The summed E-state index contributed by atoms with van der Waals surface area (Å²) in [6, 6.07) is 0. The fourth-order valence-electron chi connectivity index (χ4n) is 2.08. The van der Waals surface area contributed by atoms with Gasteiger partial charge in [-0.25, -0.2) is 4.98 Å². The van der Waals surface area contributed by atoms with Gasteiger partial charge in [-0.3, -0.25) is 0 Å². The highest BCUT2D eigenvalue weighted by Crippen LogP contribution is 2.36. The summed E-state index contributed by atoms with van der Waals surface area (Å²) in [6.45, 7) is 10.6. The zero-order valence-electron chi connectivity index (χ0n) is 11.8. The van der Waals surface area contributed by atoms with E-state index in [9.17, 15) is 0 Å². The highest BCUT2D eigenvalue weighted by Gasteiger charge is 2.30.